The van der Waals surface area contributed by atoms with Gasteiger partial charge < -0.3 is 10.1 Å². The molecule has 0 aromatic heterocycles. The normalized spacial score (nSPS) is 15.8. The van der Waals surface area contributed by atoms with Gasteiger partial charge in [-0.25, -0.2) is 0 Å². The van der Waals surface area contributed by atoms with Crippen LogP contribution in [-0.4, -0.2) is 19.7 Å². The van der Waals surface area contributed by atoms with Crippen LogP contribution in [0.4, 0.5) is 0 Å². The van der Waals surface area contributed by atoms with Gasteiger partial charge in [0, 0.05) is 11.6 Å². The molecule has 3 heteroatoms. The van der Waals surface area contributed by atoms with Crippen LogP contribution in [0.25, 0.3) is 0 Å². The predicted octanol–water partition coefficient (Wildman–Crippen LogP) is 3.99. The average molecular weight is 292 g/mol. The summed E-state index contributed by atoms with van der Waals surface area (Å²) in [6, 6.07) is 5.97. The van der Waals surface area contributed by atoms with E-state index >= 15 is 0 Å². The van der Waals surface area contributed by atoms with Crippen LogP contribution in [0.1, 0.15) is 43.6 Å². The number of ether oxygens (including phenoxy) is 1. The zero-order valence-corrected chi connectivity index (χ0v) is 12.6. The summed E-state index contributed by atoms with van der Waals surface area (Å²) in [6.07, 6.45) is 11.6. The first-order valence-corrected chi connectivity index (χ1v) is 7.75. The first-order chi connectivity index (χ1) is 9.81. The second-order valence-electron chi connectivity index (χ2n) is 5.25. The highest BCUT2D eigenvalue weighted by Crippen LogP contribution is 2.38. The monoisotopic (exact) mass is 291 g/mol. The van der Waals surface area contributed by atoms with Crippen molar-refractivity contribution < 1.29 is 4.74 Å². The molecule has 0 amide bonds. The molecular formula is C17H22ClNO. The highest BCUT2D eigenvalue weighted by atomic mass is 35.5. The van der Waals surface area contributed by atoms with Crippen LogP contribution in [0, 0.1) is 12.3 Å². The standard InChI is InChI=1S/C17H22ClNO/c1-2-10-19-11-12-20-17-9-8-15(18)13-16(17)14-6-4-3-5-7-14/h1,8-9,13-14,19H,3-7,10-12H2. The van der Waals surface area contributed by atoms with E-state index in [1.165, 1.54) is 37.7 Å². The van der Waals surface area contributed by atoms with Crippen molar-refractivity contribution in [3.05, 3.63) is 28.8 Å². The Bertz CT molecular complexity index is 461. The van der Waals surface area contributed by atoms with Crippen LogP contribution in [0.5, 0.6) is 5.75 Å². The van der Waals surface area contributed by atoms with Crippen LogP contribution in [0.3, 0.4) is 0 Å². The lowest BCUT2D eigenvalue weighted by atomic mass is 9.84. The molecule has 0 unspecified atom stereocenters. The highest BCUT2D eigenvalue weighted by Gasteiger charge is 2.19. The molecule has 20 heavy (non-hydrogen) atoms. The van der Waals surface area contributed by atoms with E-state index in [1.54, 1.807) is 0 Å². The zero-order valence-electron chi connectivity index (χ0n) is 11.8. The first kappa shape index (κ1) is 15.2. The SMILES string of the molecule is C#CCNCCOc1ccc(Cl)cc1C1CCCCC1. The highest BCUT2D eigenvalue weighted by molar-refractivity contribution is 6.30. The van der Waals surface area contributed by atoms with Crippen LogP contribution in [0.2, 0.25) is 5.02 Å². The molecule has 0 heterocycles. The minimum Gasteiger partial charge on any atom is -0.492 e. The molecule has 2 rings (SSSR count). The van der Waals surface area contributed by atoms with Crippen LogP contribution in [-0.2, 0) is 0 Å². The van der Waals surface area contributed by atoms with Gasteiger partial charge in [-0.05, 0) is 42.5 Å². The van der Waals surface area contributed by atoms with Gasteiger partial charge in [-0.15, -0.1) is 6.42 Å². The molecule has 1 fully saturated rings. The van der Waals surface area contributed by atoms with Gasteiger partial charge in [-0.3, -0.25) is 0 Å². The van der Waals surface area contributed by atoms with Crippen molar-refractivity contribution in [2.75, 3.05) is 19.7 Å². The van der Waals surface area contributed by atoms with Gasteiger partial charge in [0.1, 0.15) is 12.4 Å². The molecule has 1 aromatic rings. The number of terminal acetylenes is 1. The summed E-state index contributed by atoms with van der Waals surface area (Å²) in [4.78, 5) is 0. The Morgan fingerprint density at radius 3 is 2.85 bits per heavy atom. The Morgan fingerprint density at radius 1 is 1.30 bits per heavy atom. The Kier molecular flexibility index (Phi) is 6.24. The Labute approximate surface area is 126 Å². The molecule has 2 nitrogen and oxygen atoms in total. The summed E-state index contributed by atoms with van der Waals surface area (Å²) in [5.74, 6) is 4.12. The Hall–Kier alpha value is -1.17. The van der Waals surface area contributed by atoms with E-state index < -0.39 is 0 Å². The molecular weight excluding hydrogens is 270 g/mol. The van der Waals surface area contributed by atoms with E-state index in [9.17, 15) is 0 Å². The van der Waals surface area contributed by atoms with Crippen molar-refractivity contribution in [3.63, 3.8) is 0 Å². The maximum absolute atomic E-state index is 6.15. The third-order valence-electron chi connectivity index (χ3n) is 3.78. The maximum Gasteiger partial charge on any atom is 0.122 e. The average Bonchev–Trinajstić information content (AvgIpc) is 2.49. The lowest BCUT2D eigenvalue weighted by Gasteiger charge is -2.24. The first-order valence-electron chi connectivity index (χ1n) is 7.37. The summed E-state index contributed by atoms with van der Waals surface area (Å²) in [7, 11) is 0. The lowest BCUT2D eigenvalue weighted by molar-refractivity contribution is 0.307. The number of halogens is 1. The van der Waals surface area contributed by atoms with Crippen molar-refractivity contribution in [2.24, 2.45) is 0 Å². The third-order valence-corrected chi connectivity index (χ3v) is 4.02. The maximum atomic E-state index is 6.15. The van der Waals surface area contributed by atoms with Gasteiger partial charge >= 0.3 is 0 Å². The summed E-state index contributed by atoms with van der Waals surface area (Å²) >= 11 is 6.15. The number of benzene rings is 1. The fraction of sp³-hybridized carbons (Fsp3) is 0.529. The molecule has 0 bridgehead atoms. The number of rotatable bonds is 6. The number of hydrogen-bond donors (Lipinski definition) is 1. The largest absolute Gasteiger partial charge is 0.492 e. The molecule has 0 spiro atoms. The van der Waals surface area contributed by atoms with Crippen LogP contribution < -0.4 is 10.1 Å². The van der Waals surface area contributed by atoms with Gasteiger partial charge in [0.15, 0.2) is 0 Å². The van der Waals surface area contributed by atoms with E-state index in [4.69, 9.17) is 22.8 Å². The fourth-order valence-corrected chi connectivity index (χ4v) is 2.96. The lowest BCUT2D eigenvalue weighted by Crippen LogP contribution is -2.21. The van der Waals surface area contributed by atoms with E-state index in [-0.39, 0.29) is 0 Å². The molecule has 0 aliphatic heterocycles. The summed E-state index contributed by atoms with van der Waals surface area (Å²) in [6.45, 7) is 1.97. The van der Waals surface area contributed by atoms with E-state index in [2.05, 4.69) is 17.3 Å². The Balaban J connectivity index is 1.98. The van der Waals surface area contributed by atoms with Gasteiger partial charge in [-0.2, -0.15) is 0 Å². The quantitative estimate of drug-likeness (QED) is 0.632. The topological polar surface area (TPSA) is 21.3 Å². The Morgan fingerprint density at radius 2 is 2.10 bits per heavy atom. The summed E-state index contributed by atoms with van der Waals surface area (Å²) < 4.78 is 5.90. The number of hydrogen-bond acceptors (Lipinski definition) is 2. The molecule has 0 saturated heterocycles. The smallest absolute Gasteiger partial charge is 0.122 e. The van der Waals surface area contributed by atoms with Crippen molar-refractivity contribution in [1.29, 1.82) is 0 Å². The predicted molar refractivity (Wildman–Crippen MR) is 84.5 cm³/mol. The summed E-state index contributed by atoms with van der Waals surface area (Å²) in [5, 5.41) is 3.92. The molecule has 0 radical (unpaired) electrons. The van der Waals surface area contributed by atoms with E-state index in [0.717, 1.165) is 17.3 Å². The zero-order chi connectivity index (χ0) is 14.2. The van der Waals surface area contributed by atoms with E-state index in [1.807, 2.05) is 12.1 Å². The minimum absolute atomic E-state index is 0.583. The van der Waals surface area contributed by atoms with Gasteiger partial charge in [0.2, 0.25) is 0 Å². The molecule has 1 aromatic carbocycles. The number of nitrogens with one attached hydrogen (secondary N) is 1. The molecule has 108 valence electrons. The van der Waals surface area contributed by atoms with Crippen molar-refractivity contribution in [2.45, 2.75) is 38.0 Å². The molecule has 1 saturated carbocycles. The molecule has 0 atom stereocenters. The fourth-order valence-electron chi connectivity index (χ4n) is 2.78. The van der Waals surface area contributed by atoms with Crippen molar-refractivity contribution >= 4 is 11.6 Å². The summed E-state index contributed by atoms with van der Waals surface area (Å²) in [5.41, 5.74) is 1.27. The second-order valence-corrected chi connectivity index (χ2v) is 5.68. The molecule has 1 aliphatic carbocycles. The van der Waals surface area contributed by atoms with Gasteiger partial charge in [0.05, 0.1) is 6.54 Å². The van der Waals surface area contributed by atoms with Crippen molar-refractivity contribution in [3.8, 4) is 18.1 Å². The minimum atomic E-state index is 0.583. The van der Waals surface area contributed by atoms with Crippen molar-refractivity contribution in [1.82, 2.24) is 5.32 Å². The van der Waals surface area contributed by atoms with Gasteiger partial charge in [-0.1, -0.05) is 36.8 Å². The molecule has 1 N–H and O–H groups in total. The van der Waals surface area contributed by atoms with Crippen LogP contribution in [0.15, 0.2) is 18.2 Å². The van der Waals surface area contributed by atoms with Crippen LogP contribution >= 0.6 is 11.6 Å². The van der Waals surface area contributed by atoms with Gasteiger partial charge in [0.25, 0.3) is 0 Å². The molecule has 1 aliphatic rings. The second kappa shape index (κ2) is 8.19. The third kappa shape index (κ3) is 4.44. The van der Waals surface area contributed by atoms with E-state index in [0.29, 0.717) is 19.1 Å².